The van der Waals surface area contributed by atoms with Crippen LogP contribution < -0.4 is 4.74 Å². The van der Waals surface area contributed by atoms with E-state index < -0.39 is 41.6 Å². The highest BCUT2D eigenvalue weighted by atomic mass is 35.5. The van der Waals surface area contributed by atoms with Crippen molar-refractivity contribution in [2.24, 2.45) is 7.05 Å². The van der Waals surface area contributed by atoms with E-state index in [1.807, 2.05) is 6.92 Å². The summed E-state index contributed by atoms with van der Waals surface area (Å²) in [5, 5.41) is 7.22. The van der Waals surface area contributed by atoms with Gasteiger partial charge in [-0.25, -0.2) is 18.1 Å². The maximum absolute atomic E-state index is 14.9. The number of aromatic nitrogens is 4. The summed E-state index contributed by atoms with van der Waals surface area (Å²) < 4.78 is 116. The van der Waals surface area contributed by atoms with E-state index in [1.165, 1.54) is 24.4 Å². The van der Waals surface area contributed by atoms with Gasteiger partial charge in [0.05, 0.1) is 16.8 Å². The minimum absolute atomic E-state index is 0.103. The maximum Gasteiger partial charge on any atom is 0.437 e. The lowest BCUT2D eigenvalue weighted by atomic mass is 9.99. The highest BCUT2D eigenvalue weighted by molar-refractivity contribution is 6.34. The molecule has 16 heteroatoms. The number of hydrogen-bond acceptors (Lipinski definition) is 4. The third kappa shape index (κ3) is 5.10. The molecule has 3 aromatic rings. The van der Waals surface area contributed by atoms with Crippen molar-refractivity contribution in [3.8, 4) is 22.7 Å². The van der Waals surface area contributed by atoms with E-state index in [2.05, 4.69) is 14.9 Å². The second kappa shape index (κ2) is 10.2. The Morgan fingerprint density at radius 2 is 1.77 bits per heavy atom. The highest BCUT2D eigenvalue weighted by Crippen LogP contribution is 2.56. The zero-order chi connectivity index (χ0) is 29.8. The largest absolute Gasteiger partial charge is 0.455 e. The first-order chi connectivity index (χ1) is 18.5. The normalized spacial score (nSPS) is 15.3. The molecule has 1 atom stereocenters. The van der Waals surface area contributed by atoms with Gasteiger partial charge in [0, 0.05) is 38.3 Å². The fraction of sp³-hybridized carbons (Fsp3) is 0.458. The SMILES string of the molecule is CCN(C(=O)c1cc(-c2cnn(-c3c(OC(C)F)c(C(F)(C(F)(F)F)C(F)(F)F)nn3C)c2)ccc1Cl)C1CC1. The van der Waals surface area contributed by atoms with Crippen molar-refractivity contribution < 1.29 is 44.7 Å². The number of benzene rings is 1. The average Bonchev–Trinajstić information content (AvgIpc) is 3.47. The Kier molecular flexibility index (Phi) is 7.58. The Labute approximate surface area is 227 Å². The van der Waals surface area contributed by atoms with Crippen molar-refractivity contribution in [3.05, 3.63) is 46.9 Å². The average molecular weight is 600 g/mol. The van der Waals surface area contributed by atoms with Crippen LogP contribution in [0.5, 0.6) is 5.75 Å². The number of ether oxygens (including phenoxy) is 1. The number of carbonyl (C=O) groups excluding carboxylic acids is 1. The molecule has 0 saturated heterocycles. The van der Waals surface area contributed by atoms with E-state index >= 15 is 0 Å². The van der Waals surface area contributed by atoms with E-state index in [4.69, 9.17) is 11.6 Å². The van der Waals surface area contributed by atoms with E-state index in [0.717, 1.165) is 30.8 Å². The number of rotatable bonds is 8. The first-order valence-corrected chi connectivity index (χ1v) is 12.3. The molecular weight excluding hydrogens is 578 g/mol. The number of halogens is 9. The third-order valence-corrected chi connectivity index (χ3v) is 6.61. The van der Waals surface area contributed by atoms with E-state index in [1.54, 1.807) is 4.90 Å². The van der Waals surface area contributed by atoms with Crippen LogP contribution in [0.1, 0.15) is 42.7 Å². The smallest absolute Gasteiger partial charge is 0.437 e. The van der Waals surface area contributed by atoms with Crippen LogP contribution >= 0.6 is 11.6 Å². The summed E-state index contributed by atoms with van der Waals surface area (Å²) in [5.41, 5.74) is -7.41. The Morgan fingerprint density at radius 1 is 1.15 bits per heavy atom. The number of nitrogens with zero attached hydrogens (tertiary/aromatic N) is 5. The lowest BCUT2D eigenvalue weighted by Gasteiger charge is -2.29. The lowest BCUT2D eigenvalue weighted by molar-refractivity contribution is -0.350. The van der Waals surface area contributed by atoms with Crippen LogP contribution in [-0.2, 0) is 12.7 Å². The summed E-state index contributed by atoms with van der Waals surface area (Å²) in [6.45, 7) is 2.96. The molecule has 1 aliphatic rings. The molecule has 1 aromatic carbocycles. The van der Waals surface area contributed by atoms with Gasteiger partial charge in [0.15, 0.2) is 17.3 Å². The summed E-state index contributed by atoms with van der Waals surface area (Å²) >= 11 is 6.26. The van der Waals surface area contributed by atoms with Gasteiger partial charge in [-0.15, -0.1) is 0 Å². The molecule has 2 aromatic heterocycles. The Bertz CT molecular complexity index is 1400. The number of aryl methyl sites for hydroxylation is 1. The molecule has 40 heavy (non-hydrogen) atoms. The molecule has 0 aliphatic heterocycles. The van der Waals surface area contributed by atoms with E-state index in [9.17, 15) is 39.9 Å². The van der Waals surface area contributed by atoms with Gasteiger partial charge in [-0.2, -0.15) is 36.5 Å². The van der Waals surface area contributed by atoms with E-state index in [-0.39, 0.29) is 28.1 Å². The summed E-state index contributed by atoms with van der Waals surface area (Å²) in [6, 6.07) is 4.54. The van der Waals surface area contributed by atoms with Gasteiger partial charge < -0.3 is 9.64 Å². The van der Waals surface area contributed by atoms with Crippen LogP contribution in [0.2, 0.25) is 5.02 Å². The molecule has 1 aliphatic carbocycles. The van der Waals surface area contributed by atoms with Crippen LogP contribution in [0.3, 0.4) is 0 Å². The van der Waals surface area contributed by atoms with Gasteiger partial charge in [0.2, 0.25) is 6.36 Å². The molecule has 0 spiro atoms. The van der Waals surface area contributed by atoms with Gasteiger partial charge in [-0.05, 0) is 37.5 Å². The predicted molar refractivity (Wildman–Crippen MR) is 127 cm³/mol. The number of alkyl halides is 8. The standard InChI is InChI=1S/C24H22ClF8N5O2/c1-4-37(15-6-7-15)21(39)16-9-13(5-8-17(16)25)14-10-34-38(11-14)20-18(40-12(2)26)19(35-36(20)3)22(27,23(28,29)30)24(31,32)33/h5,8-12,15H,4,6-7H2,1-3H3. The second-order valence-corrected chi connectivity index (χ2v) is 9.54. The van der Waals surface area contributed by atoms with E-state index in [0.29, 0.717) is 23.7 Å². The van der Waals surface area contributed by atoms with Crippen LogP contribution in [-0.4, -0.2) is 61.7 Å². The van der Waals surface area contributed by atoms with Crippen molar-refractivity contribution >= 4 is 17.5 Å². The van der Waals surface area contributed by atoms with Crippen LogP contribution in [0.25, 0.3) is 16.9 Å². The van der Waals surface area contributed by atoms with Crippen molar-refractivity contribution in [3.63, 3.8) is 0 Å². The van der Waals surface area contributed by atoms with Crippen molar-refractivity contribution in [1.82, 2.24) is 24.5 Å². The summed E-state index contributed by atoms with van der Waals surface area (Å²) in [4.78, 5) is 14.7. The van der Waals surface area contributed by atoms with Crippen LogP contribution in [0.4, 0.5) is 35.1 Å². The van der Waals surface area contributed by atoms with Crippen LogP contribution in [0.15, 0.2) is 30.6 Å². The zero-order valence-corrected chi connectivity index (χ0v) is 21.9. The molecule has 1 saturated carbocycles. The Morgan fingerprint density at radius 3 is 2.30 bits per heavy atom. The highest BCUT2D eigenvalue weighted by Gasteiger charge is 2.76. The van der Waals surface area contributed by atoms with Gasteiger partial charge in [-0.3, -0.25) is 4.79 Å². The van der Waals surface area contributed by atoms with Gasteiger partial charge >= 0.3 is 18.0 Å². The molecule has 7 nitrogen and oxygen atoms in total. The third-order valence-electron chi connectivity index (χ3n) is 6.28. The minimum Gasteiger partial charge on any atom is -0.455 e. The summed E-state index contributed by atoms with van der Waals surface area (Å²) in [5.74, 6) is -2.47. The number of hydrogen-bond donors (Lipinski definition) is 0. The first-order valence-electron chi connectivity index (χ1n) is 11.9. The lowest BCUT2D eigenvalue weighted by Crippen LogP contribution is -2.51. The molecular formula is C24H22ClF8N5O2. The molecule has 4 rings (SSSR count). The number of amides is 1. The topological polar surface area (TPSA) is 65.2 Å². The maximum atomic E-state index is 14.9. The molecule has 1 unspecified atom stereocenters. The molecule has 0 radical (unpaired) electrons. The van der Waals surface area contributed by atoms with Crippen molar-refractivity contribution in [2.45, 2.75) is 57.1 Å². The molecule has 0 N–H and O–H groups in total. The summed E-state index contributed by atoms with van der Waals surface area (Å²) in [7, 11) is 0.916. The molecule has 1 fully saturated rings. The number of carbonyl (C=O) groups is 1. The van der Waals surface area contributed by atoms with Crippen molar-refractivity contribution in [1.29, 1.82) is 0 Å². The van der Waals surface area contributed by atoms with Gasteiger partial charge in [0.25, 0.3) is 5.91 Å². The van der Waals surface area contributed by atoms with Crippen molar-refractivity contribution in [2.75, 3.05) is 6.54 Å². The molecule has 0 bridgehead atoms. The Balaban J connectivity index is 1.81. The van der Waals surface area contributed by atoms with Gasteiger partial charge in [0.1, 0.15) is 0 Å². The molecule has 218 valence electrons. The van der Waals surface area contributed by atoms with Crippen LogP contribution in [0, 0.1) is 0 Å². The zero-order valence-electron chi connectivity index (χ0n) is 21.1. The summed E-state index contributed by atoms with van der Waals surface area (Å²) in [6.07, 6.45) is -11.4. The molecule has 2 heterocycles. The molecule has 1 amide bonds. The quantitative estimate of drug-likeness (QED) is 0.276. The fourth-order valence-corrected chi connectivity index (χ4v) is 4.44. The first kappa shape index (κ1) is 29.6. The monoisotopic (exact) mass is 599 g/mol. The fourth-order valence-electron chi connectivity index (χ4n) is 4.24. The Hall–Kier alpha value is -3.36. The second-order valence-electron chi connectivity index (χ2n) is 9.13. The minimum atomic E-state index is -6.51. The predicted octanol–water partition coefficient (Wildman–Crippen LogP) is 6.53. The van der Waals surface area contributed by atoms with Gasteiger partial charge in [-0.1, -0.05) is 17.7 Å².